The van der Waals surface area contributed by atoms with E-state index in [1.165, 1.54) is 35.2 Å². The number of hydrogen-bond acceptors (Lipinski definition) is 2. The van der Waals surface area contributed by atoms with Gasteiger partial charge >= 0.3 is 0 Å². The van der Waals surface area contributed by atoms with E-state index in [1.807, 2.05) is 17.7 Å². The van der Waals surface area contributed by atoms with Crippen molar-refractivity contribution in [1.82, 2.24) is 9.47 Å². The van der Waals surface area contributed by atoms with Crippen LogP contribution in [0.1, 0.15) is 46.8 Å². The molecule has 0 aliphatic carbocycles. The Morgan fingerprint density at radius 3 is 2.74 bits per heavy atom. The second kappa shape index (κ2) is 6.60. The molecule has 1 fully saturated rings. The van der Waals surface area contributed by atoms with Crippen molar-refractivity contribution in [2.24, 2.45) is 7.05 Å². The molecule has 1 aromatic heterocycles. The molecule has 2 heterocycles. The van der Waals surface area contributed by atoms with Gasteiger partial charge in [0.2, 0.25) is 0 Å². The van der Waals surface area contributed by atoms with Crippen LogP contribution in [0.15, 0.2) is 30.3 Å². The Morgan fingerprint density at radius 2 is 2.04 bits per heavy atom. The van der Waals surface area contributed by atoms with Gasteiger partial charge in [0.15, 0.2) is 0 Å². The number of nitrogens with zero attached hydrogens (tertiary/aromatic N) is 3. The van der Waals surface area contributed by atoms with Crippen molar-refractivity contribution < 1.29 is 0 Å². The summed E-state index contributed by atoms with van der Waals surface area (Å²) in [7, 11) is 1.98. The average Bonchev–Trinajstić information content (AvgIpc) is 2.83. The topological polar surface area (TPSA) is 32.0 Å². The third-order valence-electron chi connectivity index (χ3n) is 5.28. The Kier molecular flexibility index (Phi) is 4.54. The van der Waals surface area contributed by atoms with Gasteiger partial charge in [-0.15, -0.1) is 0 Å². The SMILES string of the molecule is Cc1ccccc1[C@H]1CCCN(Cc2cc(C#N)n(C)c2C)C1. The predicted molar refractivity (Wildman–Crippen MR) is 93.3 cm³/mol. The number of nitriles is 1. The van der Waals surface area contributed by atoms with E-state index in [9.17, 15) is 5.26 Å². The van der Waals surface area contributed by atoms with Crippen molar-refractivity contribution in [3.8, 4) is 6.07 Å². The smallest absolute Gasteiger partial charge is 0.120 e. The lowest BCUT2D eigenvalue weighted by molar-refractivity contribution is 0.199. The fraction of sp³-hybridized carbons (Fsp3) is 0.450. The summed E-state index contributed by atoms with van der Waals surface area (Å²) in [6, 6.07) is 13.1. The molecule has 2 aromatic rings. The van der Waals surface area contributed by atoms with Gasteiger partial charge in [-0.2, -0.15) is 5.26 Å². The molecule has 1 atom stereocenters. The maximum Gasteiger partial charge on any atom is 0.120 e. The summed E-state index contributed by atoms with van der Waals surface area (Å²) in [4.78, 5) is 2.55. The minimum absolute atomic E-state index is 0.629. The minimum Gasteiger partial charge on any atom is -0.340 e. The summed E-state index contributed by atoms with van der Waals surface area (Å²) in [6.07, 6.45) is 2.52. The Morgan fingerprint density at radius 1 is 1.26 bits per heavy atom. The summed E-state index contributed by atoms with van der Waals surface area (Å²) < 4.78 is 2.00. The van der Waals surface area contributed by atoms with E-state index >= 15 is 0 Å². The third-order valence-corrected chi connectivity index (χ3v) is 5.28. The molecule has 23 heavy (non-hydrogen) atoms. The molecule has 1 aromatic carbocycles. The quantitative estimate of drug-likeness (QED) is 0.861. The van der Waals surface area contributed by atoms with Crippen molar-refractivity contribution in [2.45, 2.75) is 39.2 Å². The van der Waals surface area contributed by atoms with Gasteiger partial charge in [0.25, 0.3) is 0 Å². The highest BCUT2D eigenvalue weighted by Gasteiger charge is 2.23. The van der Waals surface area contributed by atoms with E-state index in [0.29, 0.717) is 5.92 Å². The number of piperidine rings is 1. The Labute approximate surface area is 139 Å². The Balaban J connectivity index is 1.75. The summed E-state index contributed by atoms with van der Waals surface area (Å²) in [5.74, 6) is 0.629. The van der Waals surface area contributed by atoms with E-state index in [4.69, 9.17) is 0 Å². The molecule has 3 nitrogen and oxygen atoms in total. The zero-order chi connectivity index (χ0) is 16.4. The molecular weight excluding hydrogens is 282 g/mol. The highest BCUT2D eigenvalue weighted by atomic mass is 15.1. The van der Waals surface area contributed by atoms with Crippen LogP contribution in [-0.4, -0.2) is 22.6 Å². The number of likely N-dealkylation sites (tertiary alicyclic amines) is 1. The van der Waals surface area contributed by atoms with Crippen molar-refractivity contribution in [3.05, 3.63) is 58.4 Å². The highest BCUT2D eigenvalue weighted by Crippen LogP contribution is 2.30. The molecule has 0 radical (unpaired) electrons. The number of benzene rings is 1. The average molecular weight is 307 g/mol. The zero-order valence-electron chi connectivity index (χ0n) is 14.3. The monoisotopic (exact) mass is 307 g/mol. The Bertz CT molecular complexity index is 736. The van der Waals surface area contributed by atoms with Crippen LogP contribution in [0, 0.1) is 25.2 Å². The largest absolute Gasteiger partial charge is 0.340 e. The third kappa shape index (κ3) is 3.18. The lowest BCUT2D eigenvalue weighted by atomic mass is 9.88. The van der Waals surface area contributed by atoms with Gasteiger partial charge in [0, 0.05) is 25.8 Å². The molecule has 1 saturated heterocycles. The molecule has 1 aliphatic rings. The molecule has 0 N–H and O–H groups in total. The van der Waals surface area contributed by atoms with Gasteiger partial charge in [-0.3, -0.25) is 4.90 Å². The van der Waals surface area contributed by atoms with Crippen LogP contribution < -0.4 is 0 Å². The highest BCUT2D eigenvalue weighted by molar-refractivity contribution is 5.34. The van der Waals surface area contributed by atoms with Crippen molar-refractivity contribution in [2.75, 3.05) is 13.1 Å². The molecule has 0 spiro atoms. The zero-order valence-corrected chi connectivity index (χ0v) is 14.3. The van der Waals surface area contributed by atoms with Crippen LogP contribution in [0.25, 0.3) is 0 Å². The fourth-order valence-electron chi connectivity index (χ4n) is 3.77. The van der Waals surface area contributed by atoms with Gasteiger partial charge < -0.3 is 4.57 Å². The fourth-order valence-corrected chi connectivity index (χ4v) is 3.77. The predicted octanol–water partition coefficient (Wildman–Crippen LogP) is 3.89. The van der Waals surface area contributed by atoms with Crippen molar-refractivity contribution in [1.29, 1.82) is 5.26 Å². The number of hydrogen-bond donors (Lipinski definition) is 0. The molecule has 0 amide bonds. The normalized spacial score (nSPS) is 18.8. The molecule has 3 heteroatoms. The summed E-state index contributed by atoms with van der Waals surface area (Å²) in [5, 5.41) is 9.20. The second-order valence-electron chi connectivity index (χ2n) is 6.74. The van der Waals surface area contributed by atoms with E-state index in [-0.39, 0.29) is 0 Å². The van der Waals surface area contributed by atoms with E-state index in [1.54, 1.807) is 0 Å². The number of aryl methyl sites for hydroxylation is 1. The number of aromatic nitrogens is 1. The van der Waals surface area contributed by atoms with Crippen LogP contribution in [-0.2, 0) is 13.6 Å². The van der Waals surface area contributed by atoms with Crippen molar-refractivity contribution >= 4 is 0 Å². The number of rotatable bonds is 3. The van der Waals surface area contributed by atoms with E-state index < -0.39 is 0 Å². The molecule has 120 valence electrons. The van der Waals surface area contributed by atoms with Gasteiger partial charge in [-0.25, -0.2) is 0 Å². The summed E-state index contributed by atoms with van der Waals surface area (Å²) >= 11 is 0. The Hall–Kier alpha value is -2.05. The molecule has 0 bridgehead atoms. The maximum atomic E-state index is 9.20. The molecule has 3 rings (SSSR count). The van der Waals surface area contributed by atoms with E-state index in [2.05, 4.69) is 49.1 Å². The van der Waals surface area contributed by atoms with Gasteiger partial charge in [0.1, 0.15) is 11.8 Å². The first-order valence-corrected chi connectivity index (χ1v) is 8.43. The van der Waals surface area contributed by atoms with Gasteiger partial charge in [-0.1, -0.05) is 24.3 Å². The first kappa shape index (κ1) is 15.8. The van der Waals surface area contributed by atoms with Crippen LogP contribution in [0.3, 0.4) is 0 Å². The molecule has 0 saturated carbocycles. The second-order valence-corrected chi connectivity index (χ2v) is 6.74. The lowest BCUT2D eigenvalue weighted by Gasteiger charge is -2.33. The van der Waals surface area contributed by atoms with Crippen LogP contribution in [0.4, 0.5) is 0 Å². The standard InChI is InChI=1S/C20H25N3/c1-15-7-4-5-9-20(15)17-8-6-10-23(13-17)14-18-11-19(12-21)22(3)16(18)2/h4-5,7,9,11,17H,6,8,10,13-14H2,1-3H3/t17-/m0/s1. The molecule has 1 aliphatic heterocycles. The lowest BCUT2D eigenvalue weighted by Crippen LogP contribution is -2.34. The van der Waals surface area contributed by atoms with Crippen LogP contribution in [0.2, 0.25) is 0 Å². The molecular formula is C20H25N3. The van der Waals surface area contributed by atoms with E-state index in [0.717, 1.165) is 25.3 Å². The van der Waals surface area contributed by atoms with Gasteiger partial charge in [0.05, 0.1) is 0 Å². The summed E-state index contributed by atoms with van der Waals surface area (Å²) in [6.45, 7) is 7.54. The van der Waals surface area contributed by atoms with Crippen LogP contribution >= 0.6 is 0 Å². The van der Waals surface area contributed by atoms with Crippen molar-refractivity contribution in [3.63, 3.8) is 0 Å². The minimum atomic E-state index is 0.629. The first-order valence-electron chi connectivity index (χ1n) is 8.43. The maximum absolute atomic E-state index is 9.20. The van der Waals surface area contributed by atoms with Gasteiger partial charge in [-0.05, 0) is 61.9 Å². The molecule has 0 unspecified atom stereocenters. The first-order chi connectivity index (χ1) is 11.1. The van der Waals surface area contributed by atoms with Crippen LogP contribution in [0.5, 0.6) is 0 Å². The summed E-state index contributed by atoms with van der Waals surface area (Å²) in [5.41, 5.74) is 6.15.